The van der Waals surface area contributed by atoms with Gasteiger partial charge >= 0.3 is 0 Å². The van der Waals surface area contributed by atoms with Crippen LogP contribution in [-0.2, 0) is 0 Å². The second-order valence-electron chi connectivity index (χ2n) is 13.7. The number of benzene rings is 7. The molecule has 1 aliphatic heterocycles. The third-order valence-electron chi connectivity index (χ3n) is 10.9. The molecule has 3 heterocycles. The van der Waals surface area contributed by atoms with Crippen molar-refractivity contribution in [3.05, 3.63) is 188 Å². The minimum absolute atomic E-state index is 0.208. The predicted octanol–water partition coefficient (Wildman–Crippen LogP) is 12.7. The largest absolute Gasteiger partial charge is 0.456 e. The molecule has 0 amide bonds. The highest BCUT2D eigenvalue weighted by Gasteiger charge is 2.37. The number of fused-ring (bicyclic) bond motifs is 9. The molecule has 3 heteroatoms. The van der Waals surface area contributed by atoms with Gasteiger partial charge in [0.2, 0.25) is 0 Å². The summed E-state index contributed by atoms with van der Waals surface area (Å²) in [5.41, 5.74) is 14.0. The molecular weight excluding hydrogens is 621 g/mol. The van der Waals surface area contributed by atoms with E-state index in [1.807, 2.05) is 12.1 Å². The van der Waals surface area contributed by atoms with Gasteiger partial charge in [0.05, 0.1) is 17.1 Å². The first-order valence-corrected chi connectivity index (χ1v) is 17.7. The van der Waals surface area contributed by atoms with Crippen LogP contribution in [0.3, 0.4) is 0 Å². The van der Waals surface area contributed by atoms with E-state index in [9.17, 15) is 0 Å². The van der Waals surface area contributed by atoms with Gasteiger partial charge in [0, 0.05) is 44.5 Å². The van der Waals surface area contributed by atoms with Crippen LogP contribution in [-0.4, -0.2) is 10.6 Å². The van der Waals surface area contributed by atoms with Gasteiger partial charge in [-0.15, -0.1) is 0 Å². The van der Waals surface area contributed by atoms with Gasteiger partial charge in [-0.05, 0) is 82.4 Å². The molecule has 0 saturated carbocycles. The number of hydrogen-bond donors (Lipinski definition) is 0. The van der Waals surface area contributed by atoms with Crippen molar-refractivity contribution in [1.82, 2.24) is 4.57 Å². The SMILES string of the molecule is C1=CC2c3ccc(-c4ccc5c6ccccc6n(-c6ccc(-c7ccccc7)cc6)c5c4)cc3N(c3ccc4oc5ccccc5c4c3)C2C=C1. The molecule has 0 saturated heterocycles. The molecule has 2 aliphatic rings. The van der Waals surface area contributed by atoms with Crippen molar-refractivity contribution in [1.29, 1.82) is 0 Å². The lowest BCUT2D eigenvalue weighted by Gasteiger charge is -2.29. The Bertz CT molecular complexity index is 2870. The number of rotatable bonds is 4. The van der Waals surface area contributed by atoms with Crippen molar-refractivity contribution in [2.45, 2.75) is 12.0 Å². The molecule has 9 aromatic rings. The Labute approximate surface area is 295 Å². The zero-order valence-corrected chi connectivity index (χ0v) is 27.8. The quantitative estimate of drug-likeness (QED) is 0.189. The summed E-state index contributed by atoms with van der Waals surface area (Å²) in [5, 5.41) is 4.81. The number of nitrogens with zero attached hydrogens (tertiary/aromatic N) is 2. The molecule has 2 aromatic heterocycles. The zero-order valence-electron chi connectivity index (χ0n) is 27.8. The second kappa shape index (κ2) is 11.0. The van der Waals surface area contributed by atoms with Crippen molar-refractivity contribution >= 4 is 55.1 Å². The Kier molecular flexibility index (Phi) is 6.08. The maximum absolute atomic E-state index is 6.20. The predicted molar refractivity (Wildman–Crippen MR) is 212 cm³/mol. The molecule has 0 N–H and O–H groups in total. The first-order valence-electron chi connectivity index (χ1n) is 17.7. The lowest BCUT2D eigenvalue weighted by molar-refractivity contribution is 0.669. The number of para-hydroxylation sites is 2. The highest BCUT2D eigenvalue weighted by Crippen LogP contribution is 2.50. The van der Waals surface area contributed by atoms with Crippen molar-refractivity contribution in [2.24, 2.45) is 0 Å². The van der Waals surface area contributed by atoms with Gasteiger partial charge in [0.25, 0.3) is 0 Å². The maximum Gasteiger partial charge on any atom is 0.135 e. The van der Waals surface area contributed by atoms with Gasteiger partial charge in [-0.2, -0.15) is 0 Å². The van der Waals surface area contributed by atoms with Gasteiger partial charge in [-0.3, -0.25) is 0 Å². The summed E-state index contributed by atoms with van der Waals surface area (Å²) >= 11 is 0. The van der Waals surface area contributed by atoms with Crippen LogP contribution in [0.2, 0.25) is 0 Å². The van der Waals surface area contributed by atoms with Crippen LogP contribution in [0, 0.1) is 0 Å². The number of aromatic nitrogens is 1. The molecular formula is C48H32N2O. The van der Waals surface area contributed by atoms with Gasteiger partial charge in [0.1, 0.15) is 11.2 Å². The van der Waals surface area contributed by atoms with E-state index in [0.717, 1.165) is 27.6 Å². The first-order chi connectivity index (χ1) is 25.3. The highest BCUT2D eigenvalue weighted by molar-refractivity contribution is 6.10. The van der Waals surface area contributed by atoms with E-state index in [1.165, 1.54) is 61.0 Å². The Morgan fingerprint density at radius 1 is 0.431 bits per heavy atom. The standard InChI is InChI=1S/C48H32N2O/c1-2-10-31(11-3-1)32-18-22-35(23-19-32)49-43-15-7-4-12-37(43)39-25-20-33(28-45(39)49)34-21-26-40-38-13-5-8-16-44(38)50(46(40)29-34)36-24-27-48-42(30-36)41-14-6-9-17-47(41)51-48/h1-30,38,44H. The molecule has 11 rings (SSSR count). The number of hydrogen-bond acceptors (Lipinski definition) is 2. The van der Waals surface area contributed by atoms with Crippen LogP contribution < -0.4 is 4.90 Å². The fraction of sp³-hybridized carbons (Fsp3) is 0.0417. The fourth-order valence-electron chi connectivity index (χ4n) is 8.54. The monoisotopic (exact) mass is 652 g/mol. The minimum atomic E-state index is 0.208. The Hall–Kier alpha value is -6.58. The van der Waals surface area contributed by atoms with Crippen molar-refractivity contribution in [3.63, 3.8) is 0 Å². The number of furan rings is 1. The molecule has 2 atom stereocenters. The van der Waals surface area contributed by atoms with Gasteiger partial charge in [0.15, 0.2) is 0 Å². The van der Waals surface area contributed by atoms with E-state index in [4.69, 9.17) is 4.42 Å². The van der Waals surface area contributed by atoms with Crippen LogP contribution in [0.25, 0.3) is 71.7 Å². The van der Waals surface area contributed by atoms with Gasteiger partial charge in [-0.25, -0.2) is 0 Å². The molecule has 3 nitrogen and oxygen atoms in total. The van der Waals surface area contributed by atoms with Crippen LogP contribution >= 0.6 is 0 Å². The van der Waals surface area contributed by atoms with Crippen LogP contribution in [0.15, 0.2) is 186 Å². The molecule has 0 radical (unpaired) electrons. The Balaban J connectivity index is 1.06. The second-order valence-corrected chi connectivity index (χ2v) is 13.7. The zero-order chi connectivity index (χ0) is 33.5. The normalized spacial score (nSPS) is 16.4. The average molecular weight is 653 g/mol. The summed E-state index contributed by atoms with van der Waals surface area (Å²) in [7, 11) is 0. The smallest absolute Gasteiger partial charge is 0.135 e. The van der Waals surface area contributed by atoms with Gasteiger partial charge in [-0.1, -0.05) is 127 Å². The first kappa shape index (κ1) is 28.3. The molecule has 7 aromatic carbocycles. The Morgan fingerprint density at radius 3 is 2.00 bits per heavy atom. The maximum atomic E-state index is 6.20. The van der Waals surface area contributed by atoms with E-state index < -0.39 is 0 Å². The van der Waals surface area contributed by atoms with E-state index in [2.05, 4.69) is 179 Å². The van der Waals surface area contributed by atoms with Crippen LogP contribution in [0.4, 0.5) is 11.4 Å². The fourth-order valence-corrected chi connectivity index (χ4v) is 8.54. The summed E-state index contributed by atoms with van der Waals surface area (Å²) in [6.45, 7) is 0. The molecule has 0 spiro atoms. The molecule has 51 heavy (non-hydrogen) atoms. The third kappa shape index (κ3) is 4.31. The summed E-state index contributed by atoms with van der Waals surface area (Å²) in [5.74, 6) is 0.291. The van der Waals surface area contributed by atoms with Crippen LogP contribution in [0.5, 0.6) is 0 Å². The van der Waals surface area contributed by atoms with E-state index >= 15 is 0 Å². The number of allylic oxidation sites excluding steroid dienone is 2. The van der Waals surface area contributed by atoms with Crippen molar-refractivity contribution in [2.75, 3.05) is 4.90 Å². The summed E-state index contributed by atoms with van der Waals surface area (Å²) in [6, 6.07) is 57.5. The van der Waals surface area contributed by atoms with Crippen molar-refractivity contribution < 1.29 is 4.42 Å². The van der Waals surface area contributed by atoms with Gasteiger partial charge < -0.3 is 13.9 Å². The molecule has 240 valence electrons. The van der Waals surface area contributed by atoms with E-state index in [-0.39, 0.29) is 6.04 Å². The summed E-state index contributed by atoms with van der Waals surface area (Å²) in [4.78, 5) is 2.52. The average Bonchev–Trinajstić information content (AvgIpc) is 3.85. The van der Waals surface area contributed by atoms with Crippen LogP contribution in [0.1, 0.15) is 11.5 Å². The third-order valence-corrected chi connectivity index (χ3v) is 10.9. The number of anilines is 2. The highest BCUT2D eigenvalue weighted by atomic mass is 16.3. The summed E-state index contributed by atoms with van der Waals surface area (Å²) in [6.07, 6.45) is 9.07. The lowest BCUT2D eigenvalue weighted by Crippen LogP contribution is -2.28. The molecule has 0 bridgehead atoms. The molecule has 2 unspecified atom stereocenters. The van der Waals surface area contributed by atoms with E-state index in [1.54, 1.807) is 0 Å². The van der Waals surface area contributed by atoms with E-state index in [0.29, 0.717) is 5.92 Å². The summed E-state index contributed by atoms with van der Waals surface area (Å²) < 4.78 is 8.62. The minimum Gasteiger partial charge on any atom is -0.456 e. The molecule has 1 aliphatic carbocycles. The lowest BCUT2D eigenvalue weighted by atomic mass is 9.90. The topological polar surface area (TPSA) is 21.3 Å². The van der Waals surface area contributed by atoms with Crippen molar-refractivity contribution in [3.8, 4) is 27.9 Å². The molecule has 0 fully saturated rings. The Morgan fingerprint density at radius 2 is 1.10 bits per heavy atom.